The molecule has 3 aromatic rings. The van der Waals surface area contributed by atoms with Gasteiger partial charge in [-0.1, -0.05) is 25.1 Å². The number of ether oxygens (including phenoxy) is 1. The lowest BCUT2D eigenvalue weighted by atomic mass is 10.1. The van der Waals surface area contributed by atoms with Crippen LogP contribution in [-0.2, 0) is 17.8 Å². The molecule has 31 heavy (non-hydrogen) atoms. The summed E-state index contributed by atoms with van der Waals surface area (Å²) in [5.41, 5.74) is 2.46. The summed E-state index contributed by atoms with van der Waals surface area (Å²) in [4.78, 5) is 14.9. The first-order chi connectivity index (χ1) is 15.0. The normalized spacial score (nSPS) is 13.5. The maximum atomic E-state index is 13.5. The molecule has 162 valence electrons. The van der Waals surface area contributed by atoms with E-state index in [0.717, 1.165) is 24.1 Å². The van der Waals surface area contributed by atoms with Crippen LogP contribution in [0, 0.1) is 11.7 Å². The second-order valence-corrected chi connectivity index (χ2v) is 8.22. The van der Waals surface area contributed by atoms with Crippen LogP contribution >= 0.6 is 0 Å². The summed E-state index contributed by atoms with van der Waals surface area (Å²) in [5, 5.41) is 4.79. The van der Waals surface area contributed by atoms with Gasteiger partial charge < -0.3 is 9.64 Å². The molecular weight excluding hydrogens is 393 g/mol. The van der Waals surface area contributed by atoms with Crippen LogP contribution in [0.2, 0.25) is 0 Å². The molecule has 0 N–H and O–H groups in total. The summed E-state index contributed by atoms with van der Waals surface area (Å²) in [6.45, 7) is 6.54. The zero-order valence-corrected chi connectivity index (χ0v) is 18.2. The second kappa shape index (κ2) is 8.92. The van der Waals surface area contributed by atoms with Crippen LogP contribution in [-0.4, -0.2) is 26.6 Å². The average Bonchev–Trinajstić information content (AvgIpc) is 3.56. The summed E-state index contributed by atoms with van der Waals surface area (Å²) in [7, 11) is 0. The van der Waals surface area contributed by atoms with Crippen molar-refractivity contribution in [1.29, 1.82) is 0 Å². The molecule has 0 unspecified atom stereocenters. The first-order valence-electron chi connectivity index (χ1n) is 10.9. The van der Waals surface area contributed by atoms with Gasteiger partial charge in [0, 0.05) is 12.0 Å². The largest absolute Gasteiger partial charge is 0.439 e. The Morgan fingerprint density at radius 2 is 1.84 bits per heavy atom. The number of para-hydroxylation sites is 1. The smallest absolute Gasteiger partial charge is 0.227 e. The Bertz CT molecular complexity index is 1040. The molecule has 1 fully saturated rings. The van der Waals surface area contributed by atoms with E-state index in [2.05, 4.69) is 0 Å². The lowest BCUT2D eigenvalue weighted by molar-refractivity contribution is -0.134. The number of nitrogens with zero attached hydrogens (tertiary/aromatic N) is 3. The second-order valence-electron chi connectivity index (χ2n) is 8.22. The van der Waals surface area contributed by atoms with Gasteiger partial charge in [-0.05, 0) is 69.5 Å². The zero-order valence-electron chi connectivity index (χ0n) is 18.2. The first-order valence-corrected chi connectivity index (χ1v) is 10.9. The maximum absolute atomic E-state index is 13.5. The number of carbonyl (C=O) groups is 1. The summed E-state index contributed by atoms with van der Waals surface area (Å²) >= 11 is 0. The van der Waals surface area contributed by atoms with E-state index in [9.17, 15) is 9.18 Å². The van der Waals surface area contributed by atoms with E-state index in [4.69, 9.17) is 9.84 Å². The molecule has 5 nitrogen and oxygen atoms in total. The Balaban J connectivity index is 1.79. The van der Waals surface area contributed by atoms with Gasteiger partial charge in [0.05, 0.1) is 23.5 Å². The van der Waals surface area contributed by atoms with Crippen LogP contribution in [0.15, 0.2) is 54.6 Å². The van der Waals surface area contributed by atoms with E-state index < -0.39 is 0 Å². The topological polar surface area (TPSA) is 47.4 Å². The molecule has 1 aromatic heterocycles. The maximum Gasteiger partial charge on any atom is 0.227 e. The Morgan fingerprint density at radius 1 is 1.16 bits per heavy atom. The number of carbonyl (C=O) groups excluding carboxylic acids is 1. The van der Waals surface area contributed by atoms with Gasteiger partial charge in [0.15, 0.2) is 0 Å². The van der Waals surface area contributed by atoms with Crippen LogP contribution < -0.4 is 4.74 Å². The highest BCUT2D eigenvalue weighted by molar-refractivity contribution is 5.81. The lowest BCUT2D eigenvalue weighted by Gasteiger charge is -2.27. The van der Waals surface area contributed by atoms with Crippen molar-refractivity contribution >= 4 is 5.91 Å². The third kappa shape index (κ3) is 4.63. The summed E-state index contributed by atoms with van der Waals surface area (Å²) in [6.07, 6.45) is 2.62. The van der Waals surface area contributed by atoms with Gasteiger partial charge in [0.2, 0.25) is 11.8 Å². The summed E-state index contributed by atoms with van der Waals surface area (Å²) < 4.78 is 21.5. The van der Waals surface area contributed by atoms with Gasteiger partial charge in [-0.25, -0.2) is 9.07 Å². The van der Waals surface area contributed by atoms with Crippen LogP contribution in [0.3, 0.4) is 0 Å². The molecule has 0 radical (unpaired) electrons. The molecule has 0 saturated heterocycles. The minimum Gasteiger partial charge on any atom is -0.439 e. The monoisotopic (exact) mass is 421 g/mol. The number of benzene rings is 2. The SMILES string of the molecule is CCc1nn(-c2ccc(F)cc2)c(Oc2ccccc2)c1CN(C(=O)C1CC1)C(C)C. The van der Waals surface area contributed by atoms with Crippen molar-refractivity contribution in [1.82, 2.24) is 14.7 Å². The molecule has 1 aliphatic rings. The van der Waals surface area contributed by atoms with Crippen molar-refractivity contribution in [3.8, 4) is 17.3 Å². The van der Waals surface area contributed by atoms with Gasteiger partial charge in [0.1, 0.15) is 11.6 Å². The van der Waals surface area contributed by atoms with E-state index >= 15 is 0 Å². The fourth-order valence-corrected chi connectivity index (χ4v) is 3.63. The Labute approximate surface area is 182 Å². The van der Waals surface area contributed by atoms with E-state index in [0.29, 0.717) is 30.3 Å². The third-order valence-corrected chi connectivity index (χ3v) is 5.54. The van der Waals surface area contributed by atoms with E-state index in [-0.39, 0.29) is 23.7 Å². The molecule has 0 spiro atoms. The number of aromatic nitrogens is 2. The van der Waals surface area contributed by atoms with Gasteiger partial charge >= 0.3 is 0 Å². The predicted molar refractivity (Wildman–Crippen MR) is 118 cm³/mol. The van der Waals surface area contributed by atoms with Gasteiger partial charge in [0.25, 0.3) is 0 Å². The minimum atomic E-state index is -0.307. The fourth-order valence-electron chi connectivity index (χ4n) is 3.63. The number of aryl methyl sites for hydroxylation is 1. The molecule has 0 atom stereocenters. The molecular formula is C25H28FN3O2. The zero-order chi connectivity index (χ0) is 22.0. The molecule has 0 aliphatic heterocycles. The van der Waals surface area contributed by atoms with Crippen LogP contribution in [0.5, 0.6) is 11.6 Å². The van der Waals surface area contributed by atoms with Crippen LogP contribution in [0.25, 0.3) is 5.69 Å². The molecule has 4 rings (SSSR count). The lowest BCUT2D eigenvalue weighted by Crippen LogP contribution is -2.37. The highest BCUT2D eigenvalue weighted by Gasteiger charge is 2.35. The predicted octanol–water partition coefficient (Wildman–Crippen LogP) is 5.51. The molecule has 2 aromatic carbocycles. The van der Waals surface area contributed by atoms with E-state index in [1.165, 1.54) is 12.1 Å². The van der Waals surface area contributed by atoms with E-state index in [1.807, 2.05) is 56.0 Å². The van der Waals surface area contributed by atoms with Crippen LogP contribution in [0.1, 0.15) is 44.9 Å². The first kappa shape index (κ1) is 21.1. The quantitative estimate of drug-likeness (QED) is 0.482. The number of rotatable bonds is 8. The van der Waals surface area contributed by atoms with E-state index in [1.54, 1.807) is 16.8 Å². The molecule has 1 heterocycles. The van der Waals surface area contributed by atoms with Gasteiger partial charge in [-0.15, -0.1) is 0 Å². The Morgan fingerprint density at radius 3 is 2.42 bits per heavy atom. The highest BCUT2D eigenvalue weighted by Crippen LogP contribution is 2.36. The van der Waals surface area contributed by atoms with Gasteiger partial charge in [-0.3, -0.25) is 4.79 Å². The Hall–Kier alpha value is -3.15. The van der Waals surface area contributed by atoms with Crippen molar-refractivity contribution in [3.63, 3.8) is 0 Å². The Kier molecular flexibility index (Phi) is 6.07. The van der Waals surface area contributed by atoms with Crippen molar-refractivity contribution < 1.29 is 13.9 Å². The molecule has 6 heteroatoms. The number of hydrogen-bond acceptors (Lipinski definition) is 3. The molecule has 1 saturated carbocycles. The molecule has 1 amide bonds. The molecule has 1 aliphatic carbocycles. The van der Waals surface area contributed by atoms with Crippen molar-refractivity contribution in [2.45, 2.75) is 52.6 Å². The minimum absolute atomic E-state index is 0.0663. The fraction of sp³-hybridized carbons (Fsp3) is 0.360. The number of amides is 1. The third-order valence-electron chi connectivity index (χ3n) is 5.54. The van der Waals surface area contributed by atoms with Crippen molar-refractivity contribution in [3.05, 3.63) is 71.7 Å². The number of halogens is 1. The average molecular weight is 422 g/mol. The standard InChI is InChI=1S/C25H28FN3O2/c1-4-23-22(16-28(17(2)3)24(30)18-10-11-18)25(31-21-8-6-5-7-9-21)29(27-23)20-14-12-19(26)13-15-20/h5-9,12-15,17-18H,4,10-11,16H2,1-3H3. The molecule has 0 bridgehead atoms. The summed E-state index contributed by atoms with van der Waals surface area (Å²) in [5.74, 6) is 1.26. The highest BCUT2D eigenvalue weighted by atomic mass is 19.1. The number of hydrogen-bond donors (Lipinski definition) is 0. The van der Waals surface area contributed by atoms with Gasteiger partial charge in [-0.2, -0.15) is 5.10 Å². The van der Waals surface area contributed by atoms with Crippen molar-refractivity contribution in [2.24, 2.45) is 5.92 Å². The van der Waals surface area contributed by atoms with Crippen molar-refractivity contribution in [2.75, 3.05) is 0 Å². The van der Waals surface area contributed by atoms with Crippen LogP contribution in [0.4, 0.5) is 4.39 Å². The summed E-state index contributed by atoms with van der Waals surface area (Å²) in [6, 6.07) is 15.8.